The third-order valence-electron chi connectivity index (χ3n) is 2.90. The first-order valence-corrected chi connectivity index (χ1v) is 6.28. The van der Waals surface area contributed by atoms with Crippen LogP contribution in [0.5, 0.6) is 0 Å². The highest BCUT2D eigenvalue weighted by Gasteiger charge is 2.14. The molecule has 2 N–H and O–H groups in total. The minimum absolute atomic E-state index is 0.297. The Kier molecular flexibility index (Phi) is 4.60. The maximum absolute atomic E-state index is 11.5. The van der Waals surface area contributed by atoms with E-state index in [1.54, 1.807) is 24.5 Å². The molecule has 1 saturated carbocycles. The van der Waals surface area contributed by atoms with Crippen LogP contribution in [0.15, 0.2) is 29.6 Å². The second kappa shape index (κ2) is 6.63. The van der Waals surface area contributed by atoms with E-state index >= 15 is 0 Å². The van der Waals surface area contributed by atoms with Crippen molar-refractivity contribution in [3.8, 4) is 0 Å². The lowest BCUT2D eigenvalue weighted by atomic mass is 10.3. The van der Waals surface area contributed by atoms with Crippen LogP contribution in [0.4, 0.5) is 0 Å². The van der Waals surface area contributed by atoms with Crippen LogP contribution in [-0.4, -0.2) is 22.5 Å². The Hall–Kier alpha value is -2.24. The monoisotopic (exact) mass is 260 g/mol. The van der Waals surface area contributed by atoms with Gasteiger partial charge in [0, 0.05) is 24.7 Å². The quantitative estimate of drug-likeness (QED) is 0.621. The molecule has 0 aromatic carbocycles. The molecule has 19 heavy (non-hydrogen) atoms. The zero-order valence-corrected chi connectivity index (χ0v) is 10.6. The number of hydrogen-bond donors (Lipinski definition) is 2. The third-order valence-corrected chi connectivity index (χ3v) is 2.90. The van der Waals surface area contributed by atoms with Gasteiger partial charge in [-0.15, -0.1) is 0 Å². The number of carbonyl (C=O) groups excluding carboxylic acids is 2. The summed E-state index contributed by atoms with van der Waals surface area (Å²) in [4.78, 5) is 26.9. The highest BCUT2D eigenvalue weighted by Crippen LogP contribution is 2.13. The van der Waals surface area contributed by atoms with Crippen molar-refractivity contribution in [3.05, 3.63) is 30.1 Å². The molecule has 6 heteroatoms. The van der Waals surface area contributed by atoms with Crippen molar-refractivity contribution in [2.24, 2.45) is 5.10 Å². The normalized spacial score (nSPS) is 14.0. The molecular formula is C13H16N4O2. The Morgan fingerprint density at radius 3 is 2.53 bits per heavy atom. The highest BCUT2D eigenvalue weighted by molar-refractivity contribution is 6.35. The maximum Gasteiger partial charge on any atom is 0.329 e. The number of hydrazone groups is 1. The topological polar surface area (TPSA) is 83.5 Å². The van der Waals surface area contributed by atoms with Crippen LogP contribution in [0.3, 0.4) is 0 Å². The van der Waals surface area contributed by atoms with E-state index < -0.39 is 11.8 Å². The van der Waals surface area contributed by atoms with Gasteiger partial charge in [0.15, 0.2) is 0 Å². The summed E-state index contributed by atoms with van der Waals surface area (Å²) in [6.07, 6.45) is 7.27. The van der Waals surface area contributed by atoms with E-state index in [0.717, 1.165) is 37.0 Å². The molecule has 1 heterocycles. The Morgan fingerprint density at radius 2 is 1.84 bits per heavy atom. The van der Waals surface area contributed by atoms with E-state index in [9.17, 15) is 9.59 Å². The van der Waals surface area contributed by atoms with Gasteiger partial charge in [-0.1, -0.05) is 0 Å². The molecule has 1 aliphatic carbocycles. The molecule has 0 atom stereocenters. The van der Waals surface area contributed by atoms with Crippen LogP contribution in [-0.2, 0) is 16.1 Å². The number of rotatable bonds is 3. The molecule has 0 saturated heterocycles. The van der Waals surface area contributed by atoms with Crippen molar-refractivity contribution in [3.63, 3.8) is 0 Å². The van der Waals surface area contributed by atoms with E-state index in [2.05, 4.69) is 20.8 Å². The highest BCUT2D eigenvalue weighted by atomic mass is 16.2. The lowest BCUT2D eigenvalue weighted by Gasteiger charge is -2.04. The second-order valence-electron chi connectivity index (χ2n) is 4.36. The van der Waals surface area contributed by atoms with Crippen molar-refractivity contribution in [2.45, 2.75) is 32.2 Å². The van der Waals surface area contributed by atoms with Crippen LogP contribution in [0.1, 0.15) is 31.2 Å². The summed E-state index contributed by atoms with van der Waals surface area (Å²) >= 11 is 0. The number of pyridine rings is 1. The van der Waals surface area contributed by atoms with Gasteiger partial charge in [-0.3, -0.25) is 14.6 Å². The molecule has 0 bridgehead atoms. The molecule has 2 amide bonds. The summed E-state index contributed by atoms with van der Waals surface area (Å²) in [7, 11) is 0. The molecule has 0 spiro atoms. The van der Waals surface area contributed by atoms with Gasteiger partial charge in [0.2, 0.25) is 0 Å². The molecule has 1 aromatic rings. The van der Waals surface area contributed by atoms with Gasteiger partial charge in [0.25, 0.3) is 0 Å². The minimum Gasteiger partial charge on any atom is -0.344 e. The fraction of sp³-hybridized carbons (Fsp3) is 0.385. The fourth-order valence-corrected chi connectivity index (χ4v) is 1.84. The Balaban J connectivity index is 1.76. The van der Waals surface area contributed by atoms with Gasteiger partial charge in [-0.2, -0.15) is 5.10 Å². The Morgan fingerprint density at radius 1 is 1.16 bits per heavy atom. The van der Waals surface area contributed by atoms with Crippen LogP contribution in [0, 0.1) is 0 Å². The molecule has 100 valence electrons. The van der Waals surface area contributed by atoms with Crippen LogP contribution in [0.25, 0.3) is 0 Å². The summed E-state index contributed by atoms with van der Waals surface area (Å²) < 4.78 is 0. The first-order chi connectivity index (χ1) is 9.25. The summed E-state index contributed by atoms with van der Waals surface area (Å²) in [5, 5.41) is 6.47. The minimum atomic E-state index is -0.728. The lowest BCUT2D eigenvalue weighted by molar-refractivity contribution is -0.139. The van der Waals surface area contributed by atoms with Gasteiger partial charge in [0.1, 0.15) is 0 Å². The Labute approximate surface area is 111 Å². The maximum atomic E-state index is 11.5. The van der Waals surface area contributed by atoms with Crippen molar-refractivity contribution in [2.75, 3.05) is 0 Å². The van der Waals surface area contributed by atoms with E-state index in [0.29, 0.717) is 6.54 Å². The third kappa shape index (κ3) is 4.17. The van der Waals surface area contributed by atoms with Crippen molar-refractivity contribution in [1.29, 1.82) is 0 Å². The van der Waals surface area contributed by atoms with Crippen LogP contribution in [0.2, 0.25) is 0 Å². The van der Waals surface area contributed by atoms with E-state index in [1.165, 1.54) is 0 Å². The van der Waals surface area contributed by atoms with Crippen molar-refractivity contribution >= 4 is 17.5 Å². The first-order valence-electron chi connectivity index (χ1n) is 6.28. The lowest BCUT2D eigenvalue weighted by Crippen LogP contribution is -2.37. The zero-order valence-electron chi connectivity index (χ0n) is 10.6. The van der Waals surface area contributed by atoms with E-state index in [-0.39, 0.29) is 0 Å². The van der Waals surface area contributed by atoms with Crippen LogP contribution >= 0.6 is 0 Å². The largest absolute Gasteiger partial charge is 0.344 e. The fourth-order valence-electron chi connectivity index (χ4n) is 1.84. The number of nitrogens with zero attached hydrogens (tertiary/aromatic N) is 2. The molecule has 1 aromatic heterocycles. The number of aromatic nitrogens is 1. The van der Waals surface area contributed by atoms with Gasteiger partial charge in [-0.25, -0.2) is 5.43 Å². The molecule has 0 aliphatic heterocycles. The van der Waals surface area contributed by atoms with E-state index in [1.807, 2.05) is 0 Å². The zero-order chi connectivity index (χ0) is 13.5. The smallest absolute Gasteiger partial charge is 0.329 e. The predicted octanol–water partition coefficient (Wildman–Crippen LogP) is 0.744. The molecule has 2 rings (SSSR count). The number of nitrogens with one attached hydrogen (secondary N) is 2. The predicted molar refractivity (Wildman–Crippen MR) is 70.1 cm³/mol. The molecule has 1 fully saturated rings. The van der Waals surface area contributed by atoms with E-state index in [4.69, 9.17) is 0 Å². The summed E-state index contributed by atoms with van der Waals surface area (Å²) in [6.45, 7) is 0.297. The number of amides is 2. The van der Waals surface area contributed by atoms with Gasteiger partial charge < -0.3 is 5.32 Å². The standard InChI is InChI=1S/C13H16N4O2/c18-12(15-9-10-5-7-14-8-6-10)13(19)17-16-11-3-1-2-4-11/h5-8H,1-4,9H2,(H,15,18)(H,17,19). The summed E-state index contributed by atoms with van der Waals surface area (Å²) in [5.74, 6) is -1.41. The molecule has 1 aliphatic rings. The Bertz CT molecular complexity index is 477. The number of hydrogen-bond acceptors (Lipinski definition) is 4. The van der Waals surface area contributed by atoms with Crippen molar-refractivity contribution in [1.82, 2.24) is 15.7 Å². The van der Waals surface area contributed by atoms with Gasteiger partial charge in [0.05, 0.1) is 0 Å². The SMILES string of the molecule is O=C(NCc1ccncc1)C(=O)NN=C1CCCC1. The van der Waals surface area contributed by atoms with Crippen LogP contribution < -0.4 is 10.7 Å². The van der Waals surface area contributed by atoms with Gasteiger partial charge >= 0.3 is 11.8 Å². The molecule has 0 radical (unpaired) electrons. The summed E-state index contributed by atoms with van der Waals surface area (Å²) in [5.41, 5.74) is 4.13. The molecule has 0 unspecified atom stereocenters. The van der Waals surface area contributed by atoms with Crippen molar-refractivity contribution < 1.29 is 9.59 Å². The van der Waals surface area contributed by atoms with Gasteiger partial charge in [-0.05, 0) is 43.4 Å². The second-order valence-corrected chi connectivity index (χ2v) is 4.36. The average molecular weight is 260 g/mol. The number of carbonyl (C=O) groups is 2. The summed E-state index contributed by atoms with van der Waals surface area (Å²) in [6, 6.07) is 3.55. The molecular weight excluding hydrogens is 244 g/mol. The molecule has 6 nitrogen and oxygen atoms in total. The first kappa shape index (κ1) is 13.2. The average Bonchev–Trinajstić information content (AvgIpc) is 2.96.